The molecule has 126 valence electrons. The lowest BCUT2D eigenvalue weighted by molar-refractivity contribution is -0.126. The van der Waals surface area contributed by atoms with E-state index in [0.717, 1.165) is 0 Å². The zero-order valence-electron chi connectivity index (χ0n) is 13.4. The smallest absolute Gasteiger partial charge is 0.295 e. The van der Waals surface area contributed by atoms with Crippen molar-refractivity contribution >= 4 is 22.6 Å². The highest BCUT2D eigenvalue weighted by Gasteiger charge is 2.27. The molecule has 4 heterocycles. The summed E-state index contributed by atoms with van der Waals surface area (Å²) in [6.45, 7) is 2.49. The Labute approximate surface area is 143 Å². The van der Waals surface area contributed by atoms with Crippen LogP contribution in [0, 0.1) is 0 Å². The van der Waals surface area contributed by atoms with Crippen LogP contribution in [0.4, 0.5) is 0 Å². The first-order valence-electron chi connectivity index (χ1n) is 8.02. The highest BCUT2D eigenvalue weighted by molar-refractivity contribution is 6.45. The summed E-state index contributed by atoms with van der Waals surface area (Å²) in [5, 5.41) is 3.82. The van der Waals surface area contributed by atoms with Gasteiger partial charge < -0.3 is 15.2 Å². The summed E-state index contributed by atoms with van der Waals surface area (Å²) in [5.74, 6) is -0.982. The van der Waals surface area contributed by atoms with Crippen LogP contribution in [-0.2, 0) is 4.79 Å². The van der Waals surface area contributed by atoms with Crippen LogP contribution in [0.1, 0.15) is 10.4 Å². The molecule has 1 aliphatic heterocycles. The van der Waals surface area contributed by atoms with Crippen LogP contribution in [0.15, 0.2) is 37.1 Å². The molecule has 0 radical (unpaired) electrons. The fourth-order valence-electron chi connectivity index (χ4n) is 2.98. The number of hydrogen-bond donors (Lipinski definition) is 2. The lowest BCUT2D eigenvalue weighted by atomic mass is 10.1. The number of hydrogen-bond acceptors (Lipinski definition) is 6. The Bertz CT molecular complexity index is 931. The molecule has 25 heavy (non-hydrogen) atoms. The molecule has 0 spiro atoms. The van der Waals surface area contributed by atoms with E-state index in [-0.39, 0.29) is 0 Å². The maximum Gasteiger partial charge on any atom is 0.295 e. The Morgan fingerprint density at radius 1 is 1.08 bits per heavy atom. The monoisotopic (exact) mass is 336 g/mol. The second kappa shape index (κ2) is 6.40. The molecule has 1 amide bonds. The SMILES string of the molecule is O=C(C(=O)N1CCNCC1)c1c[nH]c2c(-c3cnccn3)nccc12. The molecule has 4 rings (SSSR count). The van der Waals surface area contributed by atoms with Crippen molar-refractivity contribution in [3.63, 3.8) is 0 Å². The second-order valence-electron chi connectivity index (χ2n) is 5.75. The molecule has 3 aromatic heterocycles. The first-order valence-corrected chi connectivity index (χ1v) is 8.02. The van der Waals surface area contributed by atoms with E-state index in [9.17, 15) is 9.59 Å². The van der Waals surface area contributed by atoms with E-state index in [0.29, 0.717) is 54.0 Å². The number of nitrogens with zero attached hydrogens (tertiary/aromatic N) is 4. The Hall–Kier alpha value is -3.13. The van der Waals surface area contributed by atoms with Gasteiger partial charge in [0.25, 0.3) is 11.7 Å². The summed E-state index contributed by atoms with van der Waals surface area (Å²) in [6, 6.07) is 1.73. The van der Waals surface area contributed by atoms with Crippen LogP contribution in [0.5, 0.6) is 0 Å². The summed E-state index contributed by atoms with van der Waals surface area (Å²) < 4.78 is 0. The van der Waals surface area contributed by atoms with Crippen molar-refractivity contribution in [2.24, 2.45) is 0 Å². The number of piperazine rings is 1. The molecular weight excluding hydrogens is 320 g/mol. The van der Waals surface area contributed by atoms with E-state index < -0.39 is 11.7 Å². The summed E-state index contributed by atoms with van der Waals surface area (Å²) in [4.78, 5) is 42.5. The first-order chi connectivity index (χ1) is 12.3. The predicted octanol–water partition coefficient (Wildman–Crippen LogP) is 0.634. The van der Waals surface area contributed by atoms with E-state index in [2.05, 4.69) is 25.3 Å². The van der Waals surface area contributed by atoms with Crippen LogP contribution in [0.2, 0.25) is 0 Å². The van der Waals surface area contributed by atoms with Gasteiger partial charge >= 0.3 is 0 Å². The van der Waals surface area contributed by atoms with E-state index in [4.69, 9.17) is 0 Å². The maximum atomic E-state index is 12.7. The summed E-state index contributed by atoms with van der Waals surface area (Å²) in [5.41, 5.74) is 2.21. The van der Waals surface area contributed by atoms with Gasteiger partial charge in [-0.15, -0.1) is 0 Å². The number of fused-ring (bicyclic) bond motifs is 1. The van der Waals surface area contributed by atoms with Crippen LogP contribution >= 0.6 is 0 Å². The molecule has 8 nitrogen and oxygen atoms in total. The molecule has 1 saturated heterocycles. The largest absolute Gasteiger partial charge is 0.359 e. The van der Waals surface area contributed by atoms with Crippen molar-refractivity contribution in [1.29, 1.82) is 0 Å². The molecule has 0 atom stereocenters. The van der Waals surface area contributed by atoms with Crippen molar-refractivity contribution < 1.29 is 9.59 Å². The Morgan fingerprint density at radius 3 is 2.68 bits per heavy atom. The predicted molar refractivity (Wildman–Crippen MR) is 90.9 cm³/mol. The lowest BCUT2D eigenvalue weighted by Gasteiger charge is -2.26. The Kier molecular flexibility index (Phi) is 3.95. The highest BCUT2D eigenvalue weighted by Crippen LogP contribution is 2.26. The Balaban J connectivity index is 1.72. The fourth-order valence-corrected chi connectivity index (χ4v) is 2.98. The zero-order valence-corrected chi connectivity index (χ0v) is 13.4. The third kappa shape index (κ3) is 2.76. The summed E-state index contributed by atoms with van der Waals surface area (Å²) in [6.07, 6.45) is 7.94. The molecule has 2 N–H and O–H groups in total. The van der Waals surface area contributed by atoms with Crippen molar-refractivity contribution in [2.45, 2.75) is 0 Å². The average molecular weight is 336 g/mol. The number of pyridine rings is 1. The third-order valence-corrected chi connectivity index (χ3v) is 4.25. The minimum Gasteiger partial charge on any atom is -0.359 e. The Morgan fingerprint density at radius 2 is 1.92 bits per heavy atom. The molecule has 0 unspecified atom stereocenters. The average Bonchev–Trinajstić information content (AvgIpc) is 3.12. The molecule has 8 heteroatoms. The van der Waals surface area contributed by atoms with Gasteiger partial charge in [-0.05, 0) is 6.07 Å². The van der Waals surface area contributed by atoms with Gasteiger partial charge in [-0.3, -0.25) is 24.5 Å². The third-order valence-electron chi connectivity index (χ3n) is 4.25. The molecule has 1 fully saturated rings. The number of ketones is 1. The second-order valence-corrected chi connectivity index (χ2v) is 5.75. The quantitative estimate of drug-likeness (QED) is 0.537. The van der Waals surface area contributed by atoms with Gasteiger partial charge in [0.05, 0.1) is 17.3 Å². The van der Waals surface area contributed by atoms with E-state index in [1.807, 2.05) is 0 Å². The van der Waals surface area contributed by atoms with Crippen molar-refractivity contribution in [1.82, 2.24) is 30.2 Å². The van der Waals surface area contributed by atoms with Crippen LogP contribution in [0.3, 0.4) is 0 Å². The van der Waals surface area contributed by atoms with E-state index in [1.54, 1.807) is 42.0 Å². The fraction of sp³-hybridized carbons (Fsp3) is 0.235. The van der Waals surface area contributed by atoms with E-state index >= 15 is 0 Å². The topological polar surface area (TPSA) is 104 Å². The number of rotatable bonds is 3. The maximum absolute atomic E-state index is 12.7. The number of aromatic nitrogens is 4. The molecule has 3 aromatic rings. The van der Waals surface area contributed by atoms with E-state index in [1.165, 1.54) is 0 Å². The van der Waals surface area contributed by atoms with Gasteiger partial charge in [0.2, 0.25) is 0 Å². The van der Waals surface area contributed by atoms with Crippen molar-refractivity contribution in [3.05, 3.63) is 42.6 Å². The normalized spacial score (nSPS) is 14.6. The van der Waals surface area contributed by atoms with Gasteiger partial charge in [0.15, 0.2) is 0 Å². The number of carbonyl (C=O) groups is 2. The molecule has 0 bridgehead atoms. The summed E-state index contributed by atoms with van der Waals surface area (Å²) in [7, 11) is 0. The van der Waals surface area contributed by atoms with Crippen molar-refractivity contribution in [2.75, 3.05) is 26.2 Å². The molecule has 0 aromatic carbocycles. The molecule has 0 aliphatic carbocycles. The highest BCUT2D eigenvalue weighted by atomic mass is 16.2. The number of H-pyrrole nitrogens is 1. The van der Waals surface area contributed by atoms with Crippen molar-refractivity contribution in [3.8, 4) is 11.4 Å². The van der Waals surface area contributed by atoms with Gasteiger partial charge in [-0.2, -0.15) is 0 Å². The minimum absolute atomic E-state index is 0.353. The van der Waals surface area contributed by atoms with Gasteiger partial charge in [0, 0.05) is 56.4 Å². The number of amides is 1. The van der Waals surface area contributed by atoms with Gasteiger partial charge in [-0.25, -0.2) is 0 Å². The number of aromatic amines is 1. The van der Waals surface area contributed by atoms with Crippen LogP contribution in [0.25, 0.3) is 22.3 Å². The standard InChI is InChI=1S/C17H16N6O2/c24-16(17(25)23-7-5-18-6-8-23)12-9-22-14-11(12)1-2-21-15(14)13-10-19-3-4-20-13/h1-4,9-10,18,22H,5-8H2. The number of nitrogens with one attached hydrogen (secondary N) is 2. The molecule has 0 saturated carbocycles. The summed E-state index contributed by atoms with van der Waals surface area (Å²) >= 11 is 0. The number of carbonyl (C=O) groups excluding carboxylic acids is 2. The molecular formula is C17H16N6O2. The zero-order chi connectivity index (χ0) is 17.2. The van der Waals surface area contributed by atoms with Crippen LogP contribution < -0.4 is 5.32 Å². The van der Waals surface area contributed by atoms with Gasteiger partial charge in [-0.1, -0.05) is 0 Å². The van der Waals surface area contributed by atoms with Crippen LogP contribution in [-0.4, -0.2) is 62.7 Å². The number of Topliss-reactive ketones (excluding diaryl/α,β-unsaturated/α-hetero) is 1. The minimum atomic E-state index is -0.510. The van der Waals surface area contributed by atoms with Gasteiger partial charge in [0.1, 0.15) is 11.4 Å². The lowest BCUT2D eigenvalue weighted by Crippen LogP contribution is -2.48. The molecule has 1 aliphatic rings. The first kappa shape index (κ1) is 15.4.